The van der Waals surface area contributed by atoms with Gasteiger partial charge in [0.05, 0.1) is 22.0 Å². The van der Waals surface area contributed by atoms with E-state index in [0.717, 1.165) is 6.92 Å². The highest BCUT2D eigenvalue weighted by Gasteiger charge is 2.29. The summed E-state index contributed by atoms with van der Waals surface area (Å²) in [5.74, 6) is -1.50. The molecule has 9 nitrogen and oxygen atoms in total. The molecule has 1 heterocycles. The Kier molecular flexibility index (Phi) is 3.85. The summed E-state index contributed by atoms with van der Waals surface area (Å²) in [4.78, 5) is 26.7. The highest BCUT2D eigenvalue weighted by Crippen LogP contribution is 2.15. The van der Waals surface area contributed by atoms with Gasteiger partial charge in [0.25, 0.3) is 0 Å². The molecule has 21 heavy (non-hydrogen) atoms. The number of benzene rings is 1. The van der Waals surface area contributed by atoms with Gasteiger partial charge in [-0.1, -0.05) is 0 Å². The summed E-state index contributed by atoms with van der Waals surface area (Å²) in [6.45, 7) is 1.16. The summed E-state index contributed by atoms with van der Waals surface area (Å²) in [5, 5.41) is 18.2. The minimum Gasteiger partial charge on any atom is -0.480 e. The maximum atomic E-state index is 12.1. The van der Waals surface area contributed by atoms with Gasteiger partial charge in [-0.3, -0.25) is 4.79 Å². The van der Waals surface area contributed by atoms with Crippen LogP contribution in [0, 0.1) is 0 Å². The number of fused-ring (bicyclic) bond motifs is 1. The van der Waals surface area contributed by atoms with Crippen molar-refractivity contribution in [3.63, 3.8) is 0 Å². The van der Waals surface area contributed by atoms with Crippen molar-refractivity contribution in [3.8, 4) is 0 Å². The zero-order valence-electron chi connectivity index (χ0n) is 10.8. The summed E-state index contributed by atoms with van der Waals surface area (Å²) < 4.78 is 26.1. The standard InChI is InChI=1S/C11H13N3O6S/c1-5(15)9(10(16)17)14-21(19,20)6-2-3-7-8(4-6)13-11(18)12-7/h2-5,9,14-15H,1H3,(H,16,17)(H2,12,13,18)/t5-,9+/m1/s1. The Morgan fingerprint density at radius 1 is 1.29 bits per heavy atom. The lowest BCUT2D eigenvalue weighted by Crippen LogP contribution is -2.47. The second kappa shape index (κ2) is 5.31. The first-order valence-corrected chi connectivity index (χ1v) is 7.34. The average Bonchev–Trinajstić information content (AvgIpc) is 2.74. The first-order chi connectivity index (χ1) is 9.70. The monoisotopic (exact) mass is 315 g/mol. The van der Waals surface area contributed by atoms with Crippen molar-refractivity contribution in [2.45, 2.75) is 24.0 Å². The normalized spacial score (nSPS) is 15.0. The number of H-pyrrole nitrogens is 2. The number of hydrogen-bond acceptors (Lipinski definition) is 5. The van der Waals surface area contributed by atoms with Gasteiger partial charge < -0.3 is 20.2 Å². The minimum atomic E-state index is -4.16. The van der Waals surface area contributed by atoms with E-state index in [4.69, 9.17) is 5.11 Å². The first-order valence-electron chi connectivity index (χ1n) is 5.86. The van der Waals surface area contributed by atoms with Crippen molar-refractivity contribution in [2.24, 2.45) is 0 Å². The van der Waals surface area contributed by atoms with Gasteiger partial charge in [-0.15, -0.1) is 0 Å². The van der Waals surface area contributed by atoms with Gasteiger partial charge in [-0.05, 0) is 25.1 Å². The van der Waals surface area contributed by atoms with Gasteiger partial charge in [-0.2, -0.15) is 4.72 Å². The summed E-state index contributed by atoms with van der Waals surface area (Å²) in [5.41, 5.74) is 0.205. The molecule has 0 aliphatic heterocycles. The quantitative estimate of drug-likeness (QED) is 0.475. The number of carbonyl (C=O) groups is 1. The number of imidazole rings is 1. The summed E-state index contributed by atoms with van der Waals surface area (Å²) in [6.07, 6.45) is -1.41. The van der Waals surface area contributed by atoms with E-state index in [1.54, 1.807) is 0 Å². The van der Waals surface area contributed by atoms with Gasteiger partial charge in [-0.25, -0.2) is 13.2 Å². The van der Waals surface area contributed by atoms with Gasteiger partial charge in [0, 0.05) is 0 Å². The molecule has 2 atom stereocenters. The molecule has 0 saturated heterocycles. The number of aliphatic hydroxyl groups is 1. The molecule has 0 spiro atoms. The predicted octanol–water partition coefficient (Wildman–Crippen LogP) is -1.03. The van der Waals surface area contributed by atoms with Crippen LogP contribution in [-0.2, 0) is 14.8 Å². The van der Waals surface area contributed by atoms with Gasteiger partial charge in [0.15, 0.2) is 0 Å². The highest BCUT2D eigenvalue weighted by molar-refractivity contribution is 7.89. The second-order valence-electron chi connectivity index (χ2n) is 4.46. The molecule has 0 radical (unpaired) electrons. The number of aromatic amines is 2. The number of aliphatic hydroxyl groups excluding tert-OH is 1. The number of hydrogen-bond donors (Lipinski definition) is 5. The van der Waals surface area contributed by atoms with Crippen LogP contribution in [0.25, 0.3) is 11.0 Å². The molecule has 10 heteroatoms. The highest BCUT2D eigenvalue weighted by atomic mass is 32.2. The van der Waals surface area contributed by atoms with Crippen LogP contribution in [-0.4, -0.2) is 46.7 Å². The molecule has 0 aliphatic carbocycles. The number of aliphatic carboxylic acids is 1. The van der Waals surface area contributed by atoms with Crippen LogP contribution in [0.2, 0.25) is 0 Å². The largest absolute Gasteiger partial charge is 0.480 e. The lowest BCUT2D eigenvalue weighted by molar-refractivity contribution is -0.141. The fourth-order valence-corrected chi connectivity index (χ4v) is 3.06. The number of carboxylic acid groups (broad SMARTS) is 1. The number of carboxylic acids is 1. The topological polar surface area (TPSA) is 152 Å². The van der Waals surface area contributed by atoms with Crippen molar-refractivity contribution in [1.82, 2.24) is 14.7 Å². The molecular weight excluding hydrogens is 302 g/mol. The SMILES string of the molecule is C[C@@H](O)[C@H](NS(=O)(=O)c1ccc2[nH]c(=O)[nH]c2c1)C(=O)O. The Labute approximate surface area is 118 Å². The average molecular weight is 315 g/mol. The molecule has 114 valence electrons. The lowest BCUT2D eigenvalue weighted by Gasteiger charge is -2.17. The molecule has 5 N–H and O–H groups in total. The summed E-state index contributed by atoms with van der Waals surface area (Å²) in [6, 6.07) is 2.11. The first kappa shape index (κ1) is 15.2. The molecule has 2 rings (SSSR count). The summed E-state index contributed by atoms with van der Waals surface area (Å²) >= 11 is 0. The number of nitrogens with one attached hydrogen (secondary N) is 3. The number of aromatic nitrogens is 2. The summed E-state index contributed by atoms with van der Waals surface area (Å²) in [7, 11) is -4.16. The maximum Gasteiger partial charge on any atom is 0.324 e. The van der Waals surface area contributed by atoms with E-state index in [1.165, 1.54) is 18.2 Å². The van der Waals surface area contributed by atoms with E-state index in [2.05, 4.69) is 9.97 Å². The van der Waals surface area contributed by atoms with Gasteiger partial charge >= 0.3 is 11.7 Å². The number of rotatable bonds is 5. The Bertz CT molecular complexity index is 835. The van der Waals surface area contributed by atoms with Crippen LogP contribution < -0.4 is 10.4 Å². The van der Waals surface area contributed by atoms with E-state index < -0.39 is 33.8 Å². The van der Waals surface area contributed by atoms with E-state index in [0.29, 0.717) is 5.52 Å². The Morgan fingerprint density at radius 3 is 2.48 bits per heavy atom. The third-order valence-corrected chi connectivity index (χ3v) is 4.27. The zero-order valence-corrected chi connectivity index (χ0v) is 11.6. The maximum absolute atomic E-state index is 12.1. The molecule has 1 aromatic heterocycles. The molecular formula is C11H13N3O6S. The molecule has 1 aromatic carbocycles. The molecule has 2 aromatic rings. The lowest BCUT2D eigenvalue weighted by atomic mass is 10.2. The fourth-order valence-electron chi connectivity index (χ4n) is 1.77. The van der Waals surface area contributed by atoms with Crippen LogP contribution in [0.4, 0.5) is 0 Å². The fraction of sp³-hybridized carbons (Fsp3) is 0.273. The predicted molar refractivity (Wildman–Crippen MR) is 72.3 cm³/mol. The second-order valence-corrected chi connectivity index (χ2v) is 6.18. The van der Waals surface area contributed by atoms with Crippen molar-refractivity contribution in [2.75, 3.05) is 0 Å². The molecule has 0 amide bonds. The smallest absolute Gasteiger partial charge is 0.324 e. The van der Waals surface area contributed by atoms with Crippen LogP contribution in [0.1, 0.15) is 6.92 Å². The number of sulfonamides is 1. The zero-order chi connectivity index (χ0) is 15.8. The minimum absolute atomic E-state index is 0.225. The van der Waals surface area contributed by atoms with Crippen LogP contribution >= 0.6 is 0 Å². The third kappa shape index (κ3) is 3.12. The van der Waals surface area contributed by atoms with Crippen molar-refractivity contribution >= 4 is 27.0 Å². The van der Waals surface area contributed by atoms with Crippen molar-refractivity contribution in [1.29, 1.82) is 0 Å². The van der Waals surface area contributed by atoms with Crippen LogP contribution in [0.15, 0.2) is 27.9 Å². The van der Waals surface area contributed by atoms with Crippen LogP contribution in [0.3, 0.4) is 0 Å². The molecule has 0 saturated carbocycles. The Hall–Kier alpha value is -2.17. The molecule has 0 unspecified atom stereocenters. The van der Waals surface area contributed by atoms with E-state index >= 15 is 0 Å². The molecule has 0 bridgehead atoms. The molecule has 0 fully saturated rings. The van der Waals surface area contributed by atoms with Crippen molar-refractivity contribution in [3.05, 3.63) is 28.7 Å². The third-order valence-electron chi connectivity index (χ3n) is 2.83. The van der Waals surface area contributed by atoms with E-state index in [-0.39, 0.29) is 10.4 Å². The van der Waals surface area contributed by atoms with Gasteiger partial charge in [0.2, 0.25) is 10.0 Å². The van der Waals surface area contributed by atoms with Gasteiger partial charge in [0.1, 0.15) is 6.04 Å². The van der Waals surface area contributed by atoms with E-state index in [1.807, 2.05) is 4.72 Å². The van der Waals surface area contributed by atoms with E-state index in [9.17, 15) is 23.1 Å². The Morgan fingerprint density at radius 2 is 1.90 bits per heavy atom. The Balaban J connectivity index is 2.41. The molecule has 0 aliphatic rings. The van der Waals surface area contributed by atoms with Crippen LogP contribution in [0.5, 0.6) is 0 Å². The van der Waals surface area contributed by atoms with Crippen molar-refractivity contribution < 1.29 is 23.4 Å².